The van der Waals surface area contributed by atoms with Crippen LogP contribution in [0, 0.1) is 0 Å². The van der Waals surface area contributed by atoms with Gasteiger partial charge < -0.3 is 14.2 Å². The molecule has 0 aliphatic rings. The molecular formula is C11H16N2O3. The summed E-state index contributed by atoms with van der Waals surface area (Å²) < 4.78 is 6.27. The third-order valence-corrected chi connectivity index (χ3v) is 2.38. The normalized spacial score (nSPS) is 9.94. The Morgan fingerprint density at radius 2 is 2.19 bits per heavy atom. The molecule has 1 aromatic heterocycles. The summed E-state index contributed by atoms with van der Waals surface area (Å²) in [4.78, 5) is 24.6. The number of ether oxygens (including phenoxy) is 1. The van der Waals surface area contributed by atoms with Crippen LogP contribution in [0.2, 0.25) is 0 Å². The van der Waals surface area contributed by atoms with Crippen LogP contribution < -0.4 is 0 Å². The van der Waals surface area contributed by atoms with E-state index in [0.29, 0.717) is 12.2 Å². The number of amides is 1. The molecule has 0 saturated heterocycles. The minimum atomic E-state index is -0.413. The number of rotatable bonds is 4. The molecule has 16 heavy (non-hydrogen) atoms. The first-order valence-electron chi connectivity index (χ1n) is 5.07. The van der Waals surface area contributed by atoms with E-state index in [0.717, 1.165) is 0 Å². The summed E-state index contributed by atoms with van der Waals surface area (Å²) >= 11 is 0. The highest BCUT2D eigenvalue weighted by Gasteiger charge is 2.19. The van der Waals surface area contributed by atoms with Crippen molar-refractivity contribution in [2.75, 3.05) is 20.2 Å². The van der Waals surface area contributed by atoms with Crippen LogP contribution in [0.1, 0.15) is 17.4 Å². The van der Waals surface area contributed by atoms with Gasteiger partial charge >= 0.3 is 5.97 Å². The number of aryl methyl sites for hydroxylation is 1. The quantitative estimate of drug-likeness (QED) is 0.706. The Kier molecular flexibility index (Phi) is 4.10. The number of aromatic nitrogens is 1. The third-order valence-electron chi connectivity index (χ3n) is 2.38. The molecule has 0 fully saturated rings. The van der Waals surface area contributed by atoms with Gasteiger partial charge in [0.05, 0.1) is 7.11 Å². The number of hydrogen-bond acceptors (Lipinski definition) is 3. The lowest BCUT2D eigenvalue weighted by molar-refractivity contribution is -0.141. The van der Waals surface area contributed by atoms with Gasteiger partial charge in [0.1, 0.15) is 12.2 Å². The minimum Gasteiger partial charge on any atom is -0.468 e. The van der Waals surface area contributed by atoms with Crippen LogP contribution in [0.4, 0.5) is 0 Å². The van der Waals surface area contributed by atoms with E-state index in [1.165, 1.54) is 12.0 Å². The standard InChI is InChI=1S/C11H16N2O3/c1-4-13(8-10(14)16-3)11(15)9-6-5-7-12(9)2/h5-7H,4,8H2,1-3H3. The maximum absolute atomic E-state index is 12.0. The summed E-state index contributed by atoms with van der Waals surface area (Å²) in [5, 5.41) is 0. The predicted octanol–water partition coefficient (Wildman–Crippen LogP) is 0.660. The number of methoxy groups -OCH3 is 1. The average molecular weight is 224 g/mol. The van der Waals surface area contributed by atoms with E-state index < -0.39 is 5.97 Å². The van der Waals surface area contributed by atoms with Crippen molar-refractivity contribution < 1.29 is 14.3 Å². The summed E-state index contributed by atoms with van der Waals surface area (Å²) in [6.45, 7) is 2.28. The van der Waals surface area contributed by atoms with Crippen LogP contribution in [0.15, 0.2) is 18.3 Å². The second kappa shape index (κ2) is 5.34. The zero-order valence-corrected chi connectivity index (χ0v) is 9.77. The van der Waals surface area contributed by atoms with E-state index in [1.807, 2.05) is 6.92 Å². The molecule has 5 nitrogen and oxygen atoms in total. The van der Waals surface area contributed by atoms with E-state index in [1.54, 1.807) is 29.9 Å². The summed E-state index contributed by atoms with van der Waals surface area (Å²) in [6.07, 6.45) is 1.79. The van der Waals surface area contributed by atoms with Crippen molar-refractivity contribution in [2.24, 2.45) is 7.05 Å². The summed E-state index contributed by atoms with van der Waals surface area (Å²) in [7, 11) is 3.10. The molecule has 5 heteroatoms. The van der Waals surface area contributed by atoms with Gasteiger partial charge in [0.2, 0.25) is 0 Å². The van der Waals surface area contributed by atoms with Gasteiger partial charge in [-0.1, -0.05) is 0 Å². The number of esters is 1. The van der Waals surface area contributed by atoms with E-state index >= 15 is 0 Å². The summed E-state index contributed by atoms with van der Waals surface area (Å²) in [6, 6.07) is 3.52. The Labute approximate surface area is 94.6 Å². The van der Waals surface area contributed by atoms with Gasteiger partial charge in [-0.15, -0.1) is 0 Å². The van der Waals surface area contributed by atoms with Gasteiger partial charge in [0, 0.05) is 19.8 Å². The SMILES string of the molecule is CCN(CC(=O)OC)C(=O)c1cccn1C. The van der Waals surface area contributed by atoms with Gasteiger partial charge in [-0.05, 0) is 19.1 Å². The fourth-order valence-electron chi connectivity index (χ4n) is 1.39. The van der Waals surface area contributed by atoms with E-state index in [-0.39, 0.29) is 12.5 Å². The zero-order valence-electron chi connectivity index (χ0n) is 9.77. The number of carbonyl (C=O) groups excluding carboxylic acids is 2. The number of carbonyl (C=O) groups is 2. The lowest BCUT2D eigenvalue weighted by Gasteiger charge is -2.19. The van der Waals surface area contributed by atoms with Crippen LogP contribution in [0.25, 0.3) is 0 Å². The van der Waals surface area contributed by atoms with Gasteiger partial charge in [-0.3, -0.25) is 9.59 Å². The van der Waals surface area contributed by atoms with Crippen LogP contribution in [-0.2, 0) is 16.6 Å². The highest BCUT2D eigenvalue weighted by Crippen LogP contribution is 2.05. The van der Waals surface area contributed by atoms with E-state index in [9.17, 15) is 9.59 Å². The molecule has 0 atom stereocenters. The average Bonchev–Trinajstić information content (AvgIpc) is 2.71. The van der Waals surface area contributed by atoms with Crippen molar-refractivity contribution in [1.82, 2.24) is 9.47 Å². The molecule has 0 unspecified atom stereocenters. The summed E-state index contributed by atoms with van der Waals surface area (Å²) in [5.74, 6) is -0.579. The highest BCUT2D eigenvalue weighted by atomic mass is 16.5. The first-order chi connectivity index (χ1) is 7.60. The molecule has 1 heterocycles. The Bertz CT molecular complexity index is 384. The molecule has 0 saturated carbocycles. The fraction of sp³-hybridized carbons (Fsp3) is 0.455. The Morgan fingerprint density at radius 1 is 1.50 bits per heavy atom. The minimum absolute atomic E-state index is 0.0169. The van der Waals surface area contributed by atoms with E-state index in [4.69, 9.17) is 0 Å². The zero-order chi connectivity index (χ0) is 12.1. The third kappa shape index (κ3) is 2.62. The first kappa shape index (κ1) is 12.3. The molecule has 1 aromatic rings. The van der Waals surface area contributed by atoms with Crippen molar-refractivity contribution in [3.63, 3.8) is 0 Å². The van der Waals surface area contributed by atoms with Crippen LogP contribution in [0.5, 0.6) is 0 Å². The van der Waals surface area contributed by atoms with Crippen molar-refractivity contribution in [3.05, 3.63) is 24.0 Å². The summed E-state index contributed by atoms with van der Waals surface area (Å²) in [5.41, 5.74) is 0.561. The maximum Gasteiger partial charge on any atom is 0.325 e. The van der Waals surface area contributed by atoms with Gasteiger partial charge in [-0.2, -0.15) is 0 Å². The van der Waals surface area contributed by atoms with Crippen molar-refractivity contribution in [3.8, 4) is 0 Å². The second-order valence-corrected chi connectivity index (χ2v) is 3.40. The lowest BCUT2D eigenvalue weighted by Crippen LogP contribution is -2.36. The van der Waals surface area contributed by atoms with Crippen LogP contribution in [0.3, 0.4) is 0 Å². The fourth-order valence-corrected chi connectivity index (χ4v) is 1.39. The molecular weight excluding hydrogens is 208 g/mol. The molecule has 1 rings (SSSR count). The lowest BCUT2D eigenvalue weighted by atomic mass is 10.3. The molecule has 0 aliphatic carbocycles. The maximum atomic E-state index is 12.0. The first-order valence-corrected chi connectivity index (χ1v) is 5.07. The van der Waals surface area contributed by atoms with Gasteiger partial charge in [0.25, 0.3) is 5.91 Å². The Hall–Kier alpha value is -1.78. The largest absolute Gasteiger partial charge is 0.468 e. The van der Waals surface area contributed by atoms with Crippen molar-refractivity contribution in [1.29, 1.82) is 0 Å². The molecule has 0 spiro atoms. The molecule has 0 aliphatic heterocycles. The molecule has 0 radical (unpaired) electrons. The predicted molar refractivity (Wildman–Crippen MR) is 59.0 cm³/mol. The number of hydrogen-bond donors (Lipinski definition) is 0. The molecule has 0 bridgehead atoms. The van der Waals surface area contributed by atoms with E-state index in [2.05, 4.69) is 4.74 Å². The van der Waals surface area contributed by atoms with Crippen molar-refractivity contribution >= 4 is 11.9 Å². The molecule has 0 N–H and O–H groups in total. The van der Waals surface area contributed by atoms with Gasteiger partial charge in [-0.25, -0.2) is 0 Å². The number of nitrogens with zero attached hydrogens (tertiary/aromatic N) is 2. The number of likely N-dealkylation sites (N-methyl/N-ethyl adjacent to an activating group) is 1. The smallest absolute Gasteiger partial charge is 0.325 e. The Morgan fingerprint density at radius 3 is 2.62 bits per heavy atom. The molecule has 1 amide bonds. The highest BCUT2D eigenvalue weighted by molar-refractivity contribution is 5.94. The molecule has 0 aromatic carbocycles. The Balaban J connectivity index is 2.78. The topological polar surface area (TPSA) is 51.5 Å². The van der Waals surface area contributed by atoms with Crippen molar-refractivity contribution in [2.45, 2.75) is 6.92 Å². The van der Waals surface area contributed by atoms with Crippen LogP contribution >= 0.6 is 0 Å². The monoisotopic (exact) mass is 224 g/mol. The second-order valence-electron chi connectivity index (χ2n) is 3.40. The van der Waals surface area contributed by atoms with Crippen LogP contribution in [-0.4, -0.2) is 41.5 Å². The molecule has 88 valence electrons. The van der Waals surface area contributed by atoms with Gasteiger partial charge in [0.15, 0.2) is 0 Å².